The van der Waals surface area contributed by atoms with Gasteiger partial charge in [0.25, 0.3) is 0 Å². The second-order valence-corrected chi connectivity index (χ2v) is 6.36. The molecule has 2 aliphatic rings. The van der Waals surface area contributed by atoms with Crippen LogP contribution in [0.1, 0.15) is 36.4 Å². The summed E-state index contributed by atoms with van der Waals surface area (Å²) in [5.74, 6) is 2.53. The molecule has 6 heteroatoms. The Bertz CT molecular complexity index is 706. The van der Waals surface area contributed by atoms with E-state index in [1.807, 2.05) is 24.3 Å². The molecule has 108 valence electrons. The summed E-state index contributed by atoms with van der Waals surface area (Å²) < 4.78 is 12.5. The largest absolute Gasteiger partial charge is 0.485 e. The second kappa shape index (κ2) is 5.14. The van der Waals surface area contributed by atoms with Gasteiger partial charge in [0.1, 0.15) is 11.8 Å². The van der Waals surface area contributed by atoms with Gasteiger partial charge in [0.05, 0.1) is 10.2 Å². The zero-order valence-electron chi connectivity index (χ0n) is 11.1. The van der Waals surface area contributed by atoms with Crippen LogP contribution in [-0.4, -0.2) is 16.6 Å². The van der Waals surface area contributed by atoms with Crippen LogP contribution in [0.4, 0.5) is 0 Å². The molecule has 0 bridgehead atoms. The zero-order valence-corrected chi connectivity index (χ0v) is 13.4. The molecule has 2 heterocycles. The van der Waals surface area contributed by atoms with Gasteiger partial charge in [0, 0.05) is 5.92 Å². The van der Waals surface area contributed by atoms with Crippen LogP contribution < -0.4 is 9.47 Å². The fourth-order valence-electron chi connectivity index (χ4n) is 2.37. The first kappa shape index (κ1) is 13.3. The molecule has 4 nitrogen and oxygen atoms in total. The van der Waals surface area contributed by atoms with E-state index in [0.29, 0.717) is 29.3 Å². The summed E-state index contributed by atoms with van der Waals surface area (Å²) in [6, 6.07) is 7.59. The molecular weight excluding hydrogens is 356 g/mol. The van der Waals surface area contributed by atoms with Crippen molar-refractivity contribution in [3.8, 4) is 11.5 Å². The molecule has 0 radical (unpaired) electrons. The second-order valence-electron chi connectivity index (χ2n) is 5.21. The van der Waals surface area contributed by atoms with Gasteiger partial charge in [-0.15, -0.1) is 0 Å². The summed E-state index contributed by atoms with van der Waals surface area (Å²) in [5.41, 5.74) is 0.979. The minimum Gasteiger partial charge on any atom is -0.485 e. The van der Waals surface area contributed by atoms with Gasteiger partial charge in [-0.1, -0.05) is 23.7 Å². The Kier molecular flexibility index (Phi) is 3.27. The molecule has 1 unspecified atom stereocenters. The molecule has 0 spiro atoms. The number of halogens is 2. The van der Waals surface area contributed by atoms with Gasteiger partial charge in [-0.25, -0.2) is 9.97 Å². The molecule has 1 atom stereocenters. The molecule has 2 aromatic rings. The molecule has 1 aliphatic carbocycles. The third kappa shape index (κ3) is 2.49. The molecule has 1 saturated carbocycles. The molecular formula is C15H12BrClN2O2. The van der Waals surface area contributed by atoms with Gasteiger partial charge in [0.15, 0.2) is 23.4 Å². The number of para-hydroxylation sites is 2. The van der Waals surface area contributed by atoms with Crippen LogP contribution in [0, 0.1) is 0 Å². The quantitative estimate of drug-likeness (QED) is 0.743. The molecule has 1 aliphatic heterocycles. The number of ether oxygens (including phenoxy) is 2. The standard InChI is InChI=1S/C15H12BrClN2O2/c16-12-13(8-5-6-8)18-15(19-14(12)17)11-7-20-9-3-1-2-4-10(9)21-11/h1-4,8,11H,5-7H2. The van der Waals surface area contributed by atoms with Crippen molar-refractivity contribution in [2.75, 3.05) is 6.61 Å². The highest BCUT2D eigenvalue weighted by Gasteiger charge is 2.32. The van der Waals surface area contributed by atoms with Crippen LogP contribution in [0.5, 0.6) is 11.5 Å². The minimum absolute atomic E-state index is 0.331. The van der Waals surface area contributed by atoms with Crippen molar-refractivity contribution in [3.05, 3.63) is 45.4 Å². The number of fused-ring (bicyclic) bond motifs is 1. The lowest BCUT2D eigenvalue weighted by Gasteiger charge is -2.25. The SMILES string of the molecule is Clc1nc(C2COc3ccccc3O2)nc(C2CC2)c1Br. The zero-order chi connectivity index (χ0) is 14.4. The van der Waals surface area contributed by atoms with Crippen molar-refractivity contribution >= 4 is 27.5 Å². The highest BCUT2D eigenvalue weighted by molar-refractivity contribution is 9.10. The van der Waals surface area contributed by atoms with Gasteiger partial charge >= 0.3 is 0 Å². The van der Waals surface area contributed by atoms with E-state index >= 15 is 0 Å². The van der Waals surface area contributed by atoms with Crippen LogP contribution >= 0.6 is 27.5 Å². The van der Waals surface area contributed by atoms with E-state index in [1.165, 1.54) is 0 Å². The maximum absolute atomic E-state index is 6.22. The number of hydrogen-bond donors (Lipinski definition) is 0. The first-order valence-corrected chi connectivity index (χ1v) is 8.01. The lowest BCUT2D eigenvalue weighted by atomic mass is 10.2. The maximum atomic E-state index is 6.22. The van der Waals surface area contributed by atoms with Gasteiger partial charge in [-0.3, -0.25) is 0 Å². The van der Waals surface area contributed by atoms with Crippen molar-refractivity contribution < 1.29 is 9.47 Å². The van der Waals surface area contributed by atoms with Gasteiger partial charge in [0.2, 0.25) is 0 Å². The smallest absolute Gasteiger partial charge is 0.192 e. The molecule has 21 heavy (non-hydrogen) atoms. The van der Waals surface area contributed by atoms with E-state index < -0.39 is 0 Å². The van der Waals surface area contributed by atoms with E-state index in [4.69, 9.17) is 21.1 Å². The first-order valence-electron chi connectivity index (χ1n) is 6.83. The average Bonchev–Trinajstić information content (AvgIpc) is 3.34. The highest BCUT2D eigenvalue weighted by atomic mass is 79.9. The Morgan fingerprint density at radius 2 is 1.90 bits per heavy atom. The van der Waals surface area contributed by atoms with Crippen molar-refractivity contribution in [1.29, 1.82) is 0 Å². The molecule has 4 rings (SSSR count). The van der Waals surface area contributed by atoms with Gasteiger partial charge in [-0.05, 0) is 40.9 Å². The summed E-state index contributed by atoms with van der Waals surface area (Å²) in [6.45, 7) is 0.388. The Balaban J connectivity index is 1.68. The summed E-state index contributed by atoms with van der Waals surface area (Å²) >= 11 is 9.69. The average molecular weight is 368 g/mol. The predicted molar refractivity (Wildman–Crippen MR) is 82.0 cm³/mol. The van der Waals surface area contributed by atoms with Crippen LogP contribution in [-0.2, 0) is 0 Å². The Hall–Kier alpha value is -1.33. The number of rotatable bonds is 2. The van der Waals surface area contributed by atoms with Crippen molar-refractivity contribution in [1.82, 2.24) is 9.97 Å². The normalized spacial score (nSPS) is 20.4. The maximum Gasteiger partial charge on any atom is 0.192 e. The highest BCUT2D eigenvalue weighted by Crippen LogP contribution is 2.44. The summed E-state index contributed by atoms with van der Waals surface area (Å²) in [5, 5.41) is 0.435. The Morgan fingerprint density at radius 1 is 1.14 bits per heavy atom. The molecule has 0 saturated heterocycles. The molecule has 1 fully saturated rings. The van der Waals surface area contributed by atoms with Crippen LogP contribution in [0.3, 0.4) is 0 Å². The fourth-order valence-corrected chi connectivity index (χ4v) is 3.06. The minimum atomic E-state index is -0.331. The van der Waals surface area contributed by atoms with E-state index in [0.717, 1.165) is 28.8 Å². The van der Waals surface area contributed by atoms with Crippen molar-refractivity contribution in [3.63, 3.8) is 0 Å². The van der Waals surface area contributed by atoms with Crippen LogP contribution in [0.2, 0.25) is 5.15 Å². The van der Waals surface area contributed by atoms with Crippen LogP contribution in [0.25, 0.3) is 0 Å². The number of nitrogens with zero attached hydrogens (tertiary/aromatic N) is 2. The summed E-state index contributed by atoms with van der Waals surface area (Å²) in [6.07, 6.45) is 1.97. The molecule has 0 amide bonds. The molecule has 1 aromatic heterocycles. The molecule has 1 aromatic carbocycles. The van der Waals surface area contributed by atoms with Crippen LogP contribution in [0.15, 0.2) is 28.7 Å². The number of benzene rings is 1. The lowest BCUT2D eigenvalue weighted by Crippen LogP contribution is -2.24. The van der Waals surface area contributed by atoms with Gasteiger partial charge < -0.3 is 9.47 Å². The molecule has 0 N–H and O–H groups in total. The number of hydrogen-bond acceptors (Lipinski definition) is 4. The first-order chi connectivity index (χ1) is 10.2. The topological polar surface area (TPSA) is 44.2 Å². The Labute approximate surface area is 135 Å². The fraction of sp³-hybridized carbons (Fsp3) is 0.333. The van der Waals surface area contributed by atoms with Gasteiger partial charge in [-0.2, -0.15) is 0 Å². The Morgan fingerprint density at radius 3 is 2.67 bits per heavy atom. The lowest BCUT2D eigenvalue weighted by molar-refractivity contribution is 0.0848. The predicted octanol–water partition coefficient (Wildman–Crippen LogP) is 4.28. The summed E-state index contributed by atoms with van der Waals surface area (Å²) in [4.78, 5) is 8.99. The van der Waals surface area contributed by atoms with E-state index in [2.05, 4.69) is 25.9 Å². The summed E-state index contributed by atoms with van der Waals surface area (Å²) in [7, 11) is 0. The van der Waals surface area contributed by atoms with E-state index in [-0.39, 0.29) is 6.10 Å². The van der Waals surface area contributed by atoms with Crippen molar-refractivity contribution in [2.24, 2.45) is 0 Å². The third-order valence-corrected chi connectivity index (χ3v) is 4.90. The number of aromatic nitrogens is 2. The van der Waals surface area contributed by atoms with Crippen molar-refractivity contribution in [2.45, 2.75) is 24.9 Å². The van der Waals surface area contributed by atoms with E-state index in [1.54, 1.807) is 0 Å². The monoisotopic (exact) mass is 366 g/mol. The van der Waals surface area contributed by atoms with E-state index in [9.17, 15) is 0 Å². The third-order valence-electron chi connectivity index (χ3n) is 3.61.